The van der Waals surface area contributed by atoms with Crippen molar-refractivity contribution >= 4 is 40.9 Å². The van der Waals surface area contributed by atoms with Crippen molar-refractivity contribution in [2.75, 3.05) is 42.4 Å². The first-order valence-corrected chi connectivity index (χ1v) is 13.5. The molecule has 29 heavy (non-hydrogen) atoms. The molecule has 0 aliphatic heterocycles. The lowest BCUT2D eigenvalue weighted by Crippen LogP contribution is -2.73. The second-order valence-corrected chi connectivity index (χ2v) is 14.3. The molecule has 0 atom stereocenters. The Labute approximate surface area is 177 Å². The molecule has 0 radical (unpaired) electrons. The van der Waals surface area contributed by atoms with Gasteiger partial charge in [0.25, 0.3) is 0 Å². The van der Waals surface area contributed by atoms with E-state index < -0.39 is 17.3 Å². The Kier molecular flexibility index (Phi) is 12.2. The summed E-state index contributed by atoms with van der Waals surface area (Å²) in [7, 11) is 4.54. The van der Waals surface area contributed by atoms with E-state index in [4.69, 9.17) is 8.85 Å². The first-order chi connectivity index (χ1) is 13.1. The molecule has 0 spiro atoms. The van der Waals surface area contributed by atoms with Crippen LogP contribution in [0, 0.1) is 0 Å². The molecular formula is C17H38N4O6Si2. The van der Waals surface area contributed by atoms with Crippen molar-refractivity contribution in [3.05, 3.63) is 0 Å². The van der Waals surface area contributed by atoms with Gasteiger partial charge in [0, 0.05) is 76.1 Å². The molecule has 0 heterocycles. The van der Waals surface area contributed by atoms with Crippen LogP contribution in [0.1, 0.15) is 34.6 Å². The fraction of sp³-hybridized carbons (Fsp3) is 0.765. The predicted molar refractivity (Wildman–Crippen MR) is 116 cm³/mol. The third kappa shape index (κ3) is 6.91. The van der Waals surface area contributed by atoms with E-state index in [1.165, 1.54) is 41.4 Å². The summed E-state index contributed by atoms with van der Waals surface area (Å²) in [6, 6.07) is 0.732. The quantitative estimate of drug-likeness (QED) is 0.530. The summed E-state index contributed by atoms with van der Waals surface area (Å²) in [6.07, 6.45) is 0. The molecule has 0 aromatic carbocycles. The van der Waals surface area contributed by atoms with E-state index in [9.17, 15) is 19.2 Å². The molecule has 10 nitrogen and oxygen atoms in total. The van der Waals surface area contributed by atoms with Gasteiger partial charge in [-0.2, -0.15) is 0 Å². The molecular weight excluding hydrogens is 412 g/mol. The van der Waals surface area contributed by atoms with E-state index in [2.05, 4.69) is 0 Å². The Morgan fingerprint density at radius 2 is 0.897 bits per heavy atom. The second-order valence-electron chi connectivity index (χ2n) is 6.76. The molecule has 0 saturated carbocycles. The minimum atomic E-state index is -2.80. The lowest BCUT2D eigenvalue weighted by atomic mass is 10.7. The van der Waals surface area contributed by atoms with E-state index in [-0.39, 0.29) is 23.6 Å². The normalized spacial score (nSPS) is 11.0. The third-order valence-corrected chi connectivity index (χ3v) is 13.7. The minimum absolute atomic E-state index is 0.0211. The molecule has 0 aliphatic carbocycles. The van der Waals surface area contributed by atoms with Crippen LogP contribution in [-0.2, 0) is 28.0 Å². The summed E-state index contributed by atoms with van der Waals surface area (Å²) in [5.74, 6) is -0.520. The van der Waals surface area contributed by atoms with Gasteiger partial charge >= 0.3 is 17.3 Å². The molecule has 0 rings (SSSR count). The van der Waals surface area contributed by atoms with Crippen molar-refractivity contribution in [3.8, 4) is 0 Å². The lowest BCUT2D eigenvalue weighted by molar-refractivity contribution is -0.129. The van der Waals surface area contributed by atoms with E-state index in [0.29, 0.717) is 0 Å². The largest absolute Gasteiger partial charge is 0.460 e. The maximum Gasteiger partial charge on any atom is 0.460 e. The topological polar surface area (TPSA) is 99.7 Å². The van der Waals surface area contributed by atoms with Crippen LogP contribution in [0.25, 0.3) is 0 Å². The maximum atomic E-state index is 11.5. The highest BCUT2D eigenvalue weighted by atomic mass is 28.4. The van der Waals surface area contributed by atoms with Gasteiger partial charge in [0.15, 0.2) is 0 Å². The average molecular weight is 451 g/mol. The van der Waals surface area contributed by atoms with E-state index in [1.54, 1.807) is 53.5 Å². The van der Waals surface area contributed by atoms with Crippen molar-refractivity contribution in [1.29, 1.82) is 0 Å². The van der Waals surface area contributed by atoms with Crippen LogP contribution in [0.5, 0.6) is 0 Å². The number of carbonyl (C=O) groups is 4. The first-order valence-electron chi connectivity index (χ1n) is 9.18. The van der Waals surface area contributed by atoms with Gasteiger partial charge in [-0.15, -0.1) is 0 Å². The number of rotatable bonds is 7. The molecule has 0 aliphatic rings. The highest BCUT2D eigenvalue weighted by Crippen LogP contribution is 2.17. The highest BCUT2D eigenvalue weighted by Gasteiger charge is 2.47. The van der Waals surface area contributed by atoms with Crippen LogP contribution >= 0.6 is 0 Å². The van der Waals surface area contributed by atoms with Crippen LogP contribution in [0.2, 0.25) is 12.6 Å². The van der Waals surface area contributed by atoms with Crippen molar-refractivity contribution in [1.82, 2.24) is 18.3 Å². The number of hydrogen-bond donors (Lipinski definition) is 0. The maximum absolute atomic E-state index is 11.5. The number of hydrogen-bond acceptors (Lipinski definition) is 6. The molecule has 170 valence electrons. The second kappa shape index (κ2) is 12.0. The van der Waals surface area contributed by atoms with Gasteiger partial charge in [-0.25, -0.2) is 0 Å². The standard InChI is InChI=1S/C10H21N3O3Si.C7H17NO3Si/c1-8(14)11(4)17(7,12(5)9(2)15)13(6)10(3)16;1-6-12(10-4,11-5)8(3)7(2)9/h1-7H3;6H2,1-5H3. The van der Waals surface area contributed by atoms with Gasteiger partial charge in [-0.05, 0) is 6.55 Å². The van der Waals surface area contributed by atoms with Gasteiger partial charge in [-0.3, -0.25) is 19.2 Å². The summed E-state index contributed by atoms with van der Waals surface area (Å²) in [5.41, 5.74) is 0. The zero-order valence-corrected chi connectivity index (χ0v) is 21.9. The van der Waals surface area contributed by atoms with Crippen LogP contribution in [0.15, 0.2) is 0 Å². The third-order valence-electron chi connectivity index (χ3n) is 5.39. The molecule has 12 heteroatoms. The van der Waals surface area contributed by atoms with Crippen molar-refractivity contribution in [2.24, 2.45) is 0 Å². The lowest BCUT2D eigenvalue weighted by Gasteiger charge is -2.46. The van der Waals surface area contributed by atoms with Crippen LogP contribution in [0.4, 0.5) is 0 Å². The van der Waals surface area contributed by atoms with Gasteiger partial charge in [0.05, 0.1) is 0 Å². The summed E-state index contributed by atoms with van der Waals surface area (Å²) < 4.78 is 16.6. The zero-order valence-electron chi connectivity index (χ0n) is 19.9. The Balaban J connectivity index is 0. The Morgan fingerprint density at radius 1 is 0.655 bits per heavy atom. The van der Waals surface area contributed by atoms with Crippen LogP contribution < -0.4 is 0 Å². The first kappa shape index (κ1) is 29.4. The molecule has 0 saturated heterocycles. The SMILES string of the molecule is CC(=O)N(C)[Si](C)(N(C)C(C)=O)N(C)C(C)=O.CC[Si](OC)(OC)N(C)C(C)=O. The molecule has 4 amide bonds. The van der Waals surface area contributed by atoms with Gasteiger partial charge in [0.2, 0.25) is 23.6 Å². The van der Waals surface area contributed by atoms with E-state index in [0.717, 1.165) is 6.04 Å². The minimum Gasteiger partial charge on any atom is -0.382 e. The summed E-state index contributed by atoms with van der Waals surface area (Å²) in [6.45, 7) is 9.53. The van der Waals surface area contributed by atoms with Crippen LogP contribution in [0.3, 0.4) is 0 Å². The fourth-order valence-corrected chi connectivity index (χ4v) is 8.08. The summed E-state index contributed by atoms with van der Waals surface area (Å²) in [4.78, 5) is 45.7. The number of amides is 4. The molecule has 0 aromatic rings. The van der Waals surface area contributed by atoms with Crippen molar-refractivity contribution < 1.29 is 28.0 Å². The van der Waals surface area contributed by atoms with E-state index >= 15 is 0 Å². The summed E-state index contributed by atoms with van der Waals surface area (Å²) >= 11 is 0. The number of carbonyl (C=O) groups excluding carboxylic acids is 4. The van der Waals surface area contributed by atoms with Crippen molar-refractivity contribution in [3.63, 3.8) is 0 Å². The summed E-state index contributed by atoms with van der Waals surface area (Å²) in [5, 5.41) is 0. The zero-order chi connectivity index (χ0) is 23.7. The Bertz CT molecular complexity index is 542. The fourth-order valence-electron chi connectivity index (χ4n) is 2.69. The molecule has 0 N–H and O–H groups in total. The Hall–Kier alpha value is -1.77. The molecule has 0 fully saturated rings. The number of nitrogens with zero attached hydrogens (tertiary/aromatic N) is 4. The van der Waals surface area contributed by atoms with Crippen molar-refractivity contribution in [2.45, 2.75) is 47.2 Å². The van der Waals surface area contributed by atoms with Gasteiger partial charge in [0.1, 0.15) is 0 Å². The molecule has 0 aromatic heterocycles. The van der Waals surface area contributed by atoms with Gasteiger partial charge in [-0.1, -0.05) is 6.92 Å². The Morgan fingerprint density at radius 3 is 1.00 bits per heavy atom. The highest BCUT2D eigenvalue weighted by molar-refractivity contribution is 6.76. The van der Waals surface area contributed by atoms with E-state index in [1.807, 2.05) is 6.92 Å². The molecule has 0 bridgehead atoms. The van der Waals surface area contributed by atoms with Crippen LogP contribution in [-0.4, -0.2) is 102 Å². The average Bonchev–Trinajstić information content (AvgIpc) is 2.67. The molecule has 0 unspecified atom stereocenters. The predicted octanol–water partition coefficient (Wildman–Crippen LogP) is 0.706. The van der Waals surface area contributed by atoms with Gasteiger partial charge < -0.3 is 27.1 Å². The smallest absolute Gasteiger partial charge is 0.382 e. The monoisotopic (exact) mass is 450 g/mol.